The van der Waals surface area contributed by atoms with E-state index in [-0.39, 0.29) is 0 Å². The van der Waals surface area contributed by atoms with Crippen LogP contribution in [-0.2, 0) is 6.54 Å². The Hall–Kier alpha value is -0.860. The molecule has 55 valence electrons. The van der Waals surface area contributed by atoms with Gasteiger partial charge in [-0.05, 0) is 6.42 Å². The van der Waals surface area contributed by atoms with Gasteiger partial charge in [-0.1, -0.05) is 19.8 Å². The van der Waals surface area contributed by atoms with Crippen molar-refractivity contribution in [3.63, 3.8) is 0 Å². The summed E-state index contributed by atoms with van der Waals surface area (Å²) in [7, 11) is 0. The molecule has 0 spiro atoms. The number of nitrogens with zero attached hydrogens (tertiary/aromatic N) is 3. The number of aromatic nitrogens is 3. The smallest absolute Gasteiger partial charge is 0.137 e. The van der Waals surface area contributed by atoms with Crippen molar-refractivity contribution in [1.29, 1.82) is 0 Å². The van der Waals surface area contributed by atoms with E-state index in [1.807, 2.05) is 4.68 Å². The van der Waals surface area contributed by atoms with Gasteiger partial charge in [0.05, 0.1) is 0 Å². The lowest BCUT2D eigenvalue weighted by Gasteiger charge is -1.96. The highest BCUT2D eigenvalue weighted by Crippen LogP contribution is 1.95. The van der Waals surface area contributed by atoms with Crippen LogP contribution in [-0.4, -0.2) is 14.8 Å². The fraction of sp³-hybridized carbons (Fsp3) is 0.571. The Balaban J connectivity index is 2.15. The predicted octanol–water partition coefficient (Wildman–Crippen LogP) is 1.28. The summed E-state index contributed by atoms with van der Waals surface area (Å²) in [6.07, 6.45) is 6.62. The van der Waals surface area contributed by atoms with Crippen LogP contribution in [0.4, 0.5) is 0 Å². The van der Waals surface area contributed by atoms with Crippen LogP contribution < -0.4 is 0 Å². The lowest BCUT2D eigenvalue weighted by molar-refractivity contribution is 0.559. The van der Waals surface area contributed by atoms with E-state index in [1.165, 1.54) is 6.42 Å². The fourth-order valence-corrected chi connectivity index (χ4v) is 0.799. The highest BCUT2D eigenvalue weighted by atomic mass is 15.3. The molecule has 0 unspecified atom stereocenters. The third-order valence-electron chi connectivity index (χ3n) is 1.35. The summed E-state index contributed by atoms with van der Waals surface area (Å²) >= 11 is 0. The van der Waals surface area contributed by atoms with Gasteiger partial charge in [0.15, 0.2) is 0 Å². The minimum Gasteiger partial charge on any atom is -0.253 e. The van der Waals surface area contributed by atoms with Gasteiger partial charge in [-0.2, -0.15) is 5.10 Å². The Morgan fingerprint density at radius 2 is 2.30 bits per heavy atom. The standard InChI is InChI=1S/C7H12N3/c1-2-3-4-5-10-7-8-6-9-10/h6-7H,1-5H2. The van der Waals surface area contributed by atoms with Gasteiger partial charge in [0.2, 0.25) is 0 Å². The van der Waals surface area contributed by atoms with Gasteiger partial charge in [0.25, 0.3) is 0 Å². The first-order chi connectivity index (χ1) is 4.93. The molecule has 0 atom stereocenters. The van der Waals surface area contributed by atoms with E-state index >= 15 is 0 Å². The summed E-state index contributed by atoms with van der Waals surface area (Å²) in [6, 6.07) is 0. The van der Waals surface area contributed by atoms with Crippen molar-refractivity contribution in [3.05, 3.63) is 19.6 Å². The van der Waals surface area contributed by atoms with Gasteiger partial charge in [0, 0.05) is 6.54 Å². The zero-order valence-corrected chi connectivity index (χ0v) is 6.03. The van der Waals surface area contributed by atoms with E-state index in [4.69, 9.17) is 0 Å². The molecule has 0 fully saturated rings. The number of hydrogen-bond acceptors (Lipinski definition) is 2. The maximum atomic E-state index is 3.97. The molecule has 0 amide bonds. The second-order valence-corrected chi connectivity index (χ2v) is 2.22. The molecule has 3 heteroatoms. The summed E-state index contributed by atoms with van der Waals surface area (Å²) in [5.74, 6) is 0. The topological polar surface area (TPSA) is 30.7 Å². The monoisotopic (exact) mass is 138 g/mol. The Morgan fingerprint density at radius 1 is 1.40 bits per heavy atom. The van der Waals surface area contributed by atoms with E-state index in [9.17, 15) is 0 Å². The average Bonchev–Trinajstić information content (AvgIpc) is 2.41. The summed E-state index contributed by atoms with van der Waals surface area (Å²) in [4.78, 5) is 3.84. The van der Waals surface area contributed by atoms with Crippen LogP contribution >= 0.6 is 0 Å². The Bertz CT molecular complexity index is 157. The second kappa shape index (κ2) is 4.04. The molecule has 0 bridgehead atoms. The van der Waals surface area contributed by atoms with Crippen molar-refractivity contribution < 1.29 is 0 Å². The quantitative estimate of drug-likeness (QED) is 0.587. The van der Waals surface area contributed by atoms with E-state index in [0.29, 0.717) is 0 Å². The van der Waals surface area contributed by atoms with Crippen molar-refractivity contribution in [2.75, 3.05) is 0 Å². The highest BCUT2D eigenvalue weighted by molar-refractivity contribution is 4.55. The number of hydrogen-bond donors (Lipinski definition) is 0. The summed E-state index contributed by atoms with van der Waals surface area (Å²) in [5, 5.41) is 3.97. The largest absolute Gasteiger partial charge is 0.253 e. The summed E-state index contributed by atoms with van der Waals surface area (Å²) < 4.78 is 1.84. The molecule has 0 aromatic carbocycles. The predicted molar refractivity (Wildman–Crippen MR) is 39.2 cm³/mol. The molecule has 1 rings (SSSR count). The molecule has 0 saturated carbocycles. The van der Waals surface area contributed by atoms with E-state index < -0.39 is 0 Å². The molecule has 0 aliphatic carbocycles. The minimum atomic E-state index is 0.968. The molecule has 1 aromatic heterocycles. The maximum Gasteiger partial charge on any atom is 0.137 e. The first kappa shape index (κ1) is 7.25. The maximum absolute atomic E-state index is 3.97. The summed E-state index contributed by atoms with van der Waals surface area (Å²) in [6.45, 7) is 4.73. The molecule has 3 nitrogen and oxygen atoms in total. The fourth-order valence-electron chi connectivity index (χ4n) is 0.799. The average molecular weight is 138 g/mol. The number of rotatable bonds is 4. The lowest BCUT2D eigenvalue weighted by atomic mass is 10.2. The van der Waals surface area contributed by atoms with Gasteiger partial charge in [-0.15, -0.1) is 0 Å². The summed E-state index contributed by atoms with van der Waals surface area (Å²) in [5.41, 5.74) is 0. The Labute approximate surface area is 61.1 Å². The third-order valence-corrected chi connectivity index (χ3v) is 1.35. The van der Waals surface area contributed by atoms with Crippen molar-refractivity contribution in [3.8, 4) is 0 Å². The first-order valence-corrected chi connectivity index (χ1v) is 3.55. The van der Waals surface area contributed by atoms with Crippen LogP contribution in [0.2, 0.25) is 0 Å². The van der Waals surface area contributed by atoms with Gasteiger partial charge in [-0.3, -0.25) is 4.68 Å². The van der Waals surface area contributed by atoms with Crippen LogP contribution in [0.15, 0.2) is 12.7 Å². The van der Waals surface area contributed by atoms with Gasteiger partial charge < -0.3 is 0 Å². The molecule has 0 N–H and O–H groups in total. The van der Waals surface area contributed by atoms with Crippen molar-refractivity contribution in [2.45, 2.75) is 25.8 Å². The van der Waals surface area contributed by atoms with Crippen molar-refractivity contribution in [2.24, 2.45) is 0 Å². The zero-order chi connectivity index (χ0) is 7.23. The van der Waals surface area contributed by atoms with E-state index in [2.05, 4.69) is 17.0 Å². The first-order valence-electron chi connectivity index (χ1n) is 3.55. The molecule has 0 saturated heterocycles. The van der Waals surface area contributed by atoms with Crippen LogP contribution in [0.25, 0.3) is 0 Å². The SMILES string of the molecule is [CH2]CCCCn1cncn1. The van der Waals surface area contributed by atoms with Crippen LogP contribution in [0.3, 0.4) is 0 Å². The highest BCUT2D eigenvalue weighted by Gasteiger charge is 1.88. The van der Waals surface area contributed by atoms with Crippen LogP contribution in [0, 0.1) is 6.92 Å². The van der Waals surface area contributed by atoms with Crippen molar-refractivity contribution >= 4 is 0 Å². The molecular weight excluding hydrogens is 126 g/mol. The van der Waals surface area contributed by atoms with Gasteiger partial charge in [-0.25, -0.2) is 4.98 Å². The zero-order valence-electron chi connectivity index (χ0n) is 6.03. The Kier molecular flexibility index (Phi) is 2.93. The van der Waals surface area contributed by atoms with Gasteiger partial charge in [0.1, 0.15) is 12.7 Å². The minimum absolute atomic E-state index is 0.968. The Morgan fingerprint density at radius 3 is 2.90 bits per heavy atom. The molecule has 10 heavy (non-hydrogen) atoms. The van der Waals surface area contributed by atoms with Crippen LogP contribution in [0.5, 0.6) is 0 Å². The molecule has 0 aliphatic heterocycles. The second-order valence-electron chi connectivity index (χ2n) is 2.22. The molecule has 1 heterocycles. The third kappa shape index (κ3) is 2.17. The molecular formula is C7H12N3. The molecule has 0 aliphatic rings. The molecule has 1 aromatic rings. The number of aryl methyl sites for hydroxylation is 1. The molecule has 1 radical (unpaired) electrons. The van der Waals surface area contributed by atoms with Crippen molar-refractivity contribution in [1.82, 2.24) is 14.8 Å². The van der Waals surface area contributed by atoms with Crippen LogP contribution in [0.1, 0.15) is 19.3 Å². The number of unbranched alkanes of at least 4 members (excludes halogenated alkanes) is 2. The van der Waals surface area contributed by atoms with E-state index in [0.717, 1.165) is 19.4 Å². The lowest BCUT2D eigenvalue weighted by Crippen LogP contribution is -1.97. The normalized spacial score (nSPS) is 10.1. The van der Waals surface area contributed by atoms with E-state index in [1.54, 1.807) is 12.7 Å². The van der Waals surface area contributed by atoms with Gasteiger partial charge >= 0.3 is 0 Å².